The van der Waals surface area contributed by atoms with Gasteiger partial charge in [0.25, 0.3) is 5.91 Å². The fourth-order valence-corrected chi connectivity index (χ4v) is 2.77. The lowest BCUT2D eigenvalue weighted by Gasteiger charge is -2.08. The van der Waals surface area contributed by atoms with E-state index in [4.69, 9.17) is 0 Å². The summed E-state index contributed by atoms with van der Waals surface area (Å²) in [6.45, 7) is 0. The quantitative estimate of drug-likeness (QED) is 0.530. The summed E-state index contributed by atoms with van der Waals surface area (Å²) in [5.41, 5.74) is 1.73. The Morgan fingerprint density at radius 1 is 0.962 bits per heavy atom. The van der Waals surface area contributed by atoms with E-state index >= 15 is 0 Å². The van der Waals surface area contributed by atoms with Crippen molar-refractivity contribution in [3.63, 3.8) is 0 Å². The third-order valence-corrected chi connectivity index (χ3v) is 4.21. The maximum absolute atomic E-state index is 12.7. The lowest BCUT2D eigenvalue weighted by atomic mass is 10.0. The number of amides is 1. The van der Waals surface area contributed by atoms with Crippen LogP contribution < -0.4 is 5.32 Å². The maximum atomic E-state index is 12.7. The fourth-order valence-electron chi connectivity index (χ4n) is 2.17. The van der Waals surface area contributed by atoms with E-state index in [0.29, 0.717) is 11.1 Å². The van der Waals surface area contributed by atoms with Crippen LogP contribution in [0, 0.1) is 0 Å². The maximum Gasteiger partial charge on any atom is 0.445 e. The summed E-state index contributed by atoms with van der Waals surface area (Å²) < 4.78 is 37.9. The van der Waals surface area contributed by atoms with Gasteiger partial charge in [0.1, 0.15) is 0 Å². The van der Waals surface area contributed by atoms with Crippen LogP contribution in [0.4, 0.5) is 18.3 Å². The van der Waals surface area contributed by atoms with Crippen LogP contribution in [0.3, 0.4) is 0 Å². The molecule has 4 nitrogen and oxygen atoms in total. The van der Waals surface area contributed by atoms with Gasteiger partial charge in [0.15, 0.2) is 0 Å². The third-order valence-electron chi connectivity index (χ3n) is 3.33. The smallest absolute Gasteiger partial charge is 0.296 e. The third kappa shape index (κ3) is 4.34. The molecular weight excluding hydrogens is 363 g/mol. The van der Waals surface area contributed by atoms with Crippen LogP contribution in [0.5, 0.6) is 0 Å². The Morgan fingerprint density at radius 3 is 2.15 bits per heavy atom. The Kier molecular flexibility index (Phi) is 5.13. The second-order valence-electron chi connectivity index (χ2n) is 5.20. The first kappa shape index (κ1) is 17.8. The molecule has 0 radical (unpaired) electrons. The number of anilines is 1. The first-order valence-corrected chi connectivity index (χ1v) is 8.29. The predicted molar refractivity (Wildman–Crippen MR) is 94.3 cm³/mol. The number of hydrogen-bond donors (Lipinski definition) is 1. The summed E-state index contributed by atoms with van der Waals surface area (Å²) in [5.74, 6) is -0.565. The zero-order chi connectivity index (χ0) is 18.6. The number of halogens is 3. The van der Waals surface area contributed by atoms with E-state index in [1.54, 1.807) is 30.3 Å². The van der Waals surface area contributed by atoms with E-state index in [0.717, 1.165) is 5.56 Å². The standard InChI is InChI=1S/C18H12F3N3OS/c19-18(20,21)16-23-24-17(26-16)22-15(25)14(13-9-5-2-6-10-13)11-12-7-3-1-4-8-12/h1-11H,(H,22,24,25)/b14-11+. The molecule has 0 aliphatic rings. The second kappa shape index (κ2) is 7.49. The van der Waals surface area contributed by atoms with Gasteiger partial charge in [-0.2, -0.15) is 13.2 Å². The number of nitrogens with one attached hydrogen (secondary N) is 1. The number of nitrogens with zero attached hydrogens (tertiary/aromatic N) is 2. The van der Waals surface area contributed by atoms with Crippen LogP contribution in [-0.2, 0) is 11.0 Å². The van der Waals surface area contributed by atoms with E-state index in [1.165, 1.54) is 0 Å². The van der Waals surface area contributed by atoms with Gasteiger partial charge in [-0.25, -0.2) is 0 Å². The minimum absolute atomic E-state index is 0.211. The van der Waals surface area contributed by atoms with Gasteiger partial charge in [0, 0.05) is 5.57 Å². The molecule has 0 aliphatic heterocycles. The van der Waals surface area contributed by atoms with Crippen molar-refractivity contribution in [1.82, 2.24) is 10.2 Å². The molecule has 0 bridgehead atoms. The largest absolute Gasteiger partial charge is 0.445 e. The number of carbonyl (C=O) groups is 1. The van der Waals surface area contributed by atoms with Crippen molar-refractivity contribution in [2.45, 2.75) is 6.18 Å². The molecule has 1 amide bonds. The zero-order valence-corrected chi connectivity index (χ0v) is 14.0. The molecule has 0 unspecified atom stereocenters. The highest BCUT2D eigenvalue weighted by atomic mass is 32.1. The molecule has 2 aromatic carbocycles. The van der Waals surface area contributed by atoms with Gasteiger partial charge in [0.05, 0.1) is 0 Å². The minimum atomic E-state index is -4.59. The highest BCUT2D eigenvalue weighted by molar-refractivity contribution is 7.15. The van der Waals surface area contributed by atoms with Gasteiger partial charge in [-0.15, -0.1) is 10.2 Å². The molecule has 3 rings (SSSR count). The lowest BCUT2D eigenvalue weighted by Crippen LogP contribution is -2.13. The first-order chi connectivity index (χ1) is 12.4. The van der Waals surface area contributed by atoms with Crippen LogP contribution >= 0.6 is 11.3 Å². The molecule has 0 saturated heterocycles. The molecule has 3 aromatic rings. The van der Waals surface area contributed by atoms with Crippen molar-refractivity contribution in [2.24, 2.45) is 0 Å². The molecule has 132 valence electrons. The Bertz CT molecular complexity index is 922. The number of benzene rings is 2. The molecule has 0 fully saturated rings. The summed E-state index contributed by atoms with van der Waals surface area (Å²) in [6, 6.07) is 18.0. The number of carbonyl (C=O) groups excluding carboxylic acids is 1. The van der Waals surface area contributed by atoms with Crippen LogP contribution in [-0.4, -0.2) is 16.1 Å². The molecule has 26 heavy (non-hydrogen) atoms. The van der Waals surface area contributed by atoms with E-state index in [-0.39, 0.29) is 16.5 Å². The Balaban J connectivity index is 1.91. The second-order valence-corrected chi connectivity index (χ2v) is 6.18. The summed E-state index contributed by atoms with van der Waals surface area (Å²) in [6.07, 6.45) is -2.93. The minimum Gasteiger partial charge on any atom is -0.296 e. The summed E-state index contributed by atoms with van der Waals surface area (Å²) in [5, 5.41) is 7.53. The predicted octanol–water partition coefficient (Wildman–Crippen LogP) is 4.74. The molecule has 1 N–H and O–H groups in total. The average Bonchev–Trinajstić information content (AvgIpc) is 3.10. The zero-order valence-electron chi connectivity index (χ0n) is 13.2. The summed E-state index contributed by atoms with van der Waals surface area (Å²) >= 11 is 0.281. The van der Waals surface area contributed by atoms with Crippen molar-refractivity contribution in [2.75, 3.05) is 5.32 Å². The monoisotopic (exact) mass is 375 g/mol. The Hall–Kier alpha value is -3.00. The molecule has 8 heteroatoms. The van der Waals surface area contributed by atoms with E-state index in [9.17, 15) is 18.0 Å². The molecule has 1 aromatic heterocycles. The van der Waals surface area contributed by atoms with E-state index in [2.05, 4.69) is 15.5 Å². The molecule has 0 atom stereocenters. The number of hydrogen-bond acceptors (Lipinski definition) is 4. The topological polar surface area (TPSA) is 54.9 Å². The van der Waals surface area contributed by atoms with Gasteiger partial charge in [-0.05, 0) is 17.2 Å². The number of rotatable bonds is 4. The van der Waals surface area contributed by atoms with Crippen LogP contribution in [0.1, 0.15) is 16.1 Å². The summed E-state index contributed by atoms with van der Waals surface area (Å²) in [7, 11) is 0. The normalized spacial score (nSPS) is 12.0. The SMILES string of the molecule is O=C(Nc1nnc(C(F)(F)F)s1)/C(=C/c1ccccc1)c1ccccc1. The number of aromatic nitrogens is 2. The highest BCUT2D eigenvalue weighted by Gasteiger charge is 2.35. The Morgan fingerprint density at radius 2 is 1.58 bits per heavy atom. The molecule has 0 aliphatic carbocycles. The van der Waals surface area contributed by atoms with Crippen LogP contribution in [0.25, 0.3) is 11.6 Å². The van der Waals surface area contributed by atoms with Crippen molar-refractivity contribution < 1.29 is 18.0 Å². The Labute approximate surface area is 151 Å². The highest BCUT2D eigenvalue weighted by Crippen LogP contribution is 2.33. The van der Waals surface area contributed by atoms with Gasteiger partial charge in [-0.1, -0.05) is 72.0 Å². The first-order valence-electron chi connectivity index (χ1n) is 7.48. The average molecular weight is 375 g/mol. The van der Waals surface area contributed by atoms with E-state index < -0.39 is 17.1 Å². The van der Waals surface area contributed by atoms with Gasteiger partial charge >= 0.3 is 6.18 Å². The molecule has 0 saturated carbocycles. The van der Waals surface area contributed by atoms with Gasteiger partial charge < -0.3 is 0 Å². The van der Waals surface area contributed by atoms with Crippen LogP contribution in [0.15, 0.2) is 60.7 Å². The summed E-state index contributed by atoms with van der Waals surface area (Å²) in [4.78, 5) is 12.7. The van der Waals surface area contributed by atoms with Crippen molar-refractivity contribution >= 4 is 34.0 Å². The van der Waals surface area contributed by atoms with Crippen molar-refractivity contribution in [3.8, 4) is 0 Å². The molecule has 1 heterocycles. The van der Waals surface area contributed by atoms with Crippen LogP contribution in [0.2, 0.25) is 0 Å². The molecule has 0 spiro atoms. The number of alkyl halides is 3. The lowest BCUT2D eigenvalue weighted by molar-refractivity contribution is -0.138. The van der Waals surface area contributed by atoms with E-state index in [1.807, 2.05) is 36.4 Å². The van der Waals surface area contributed by atoms with Gasteiger partial charge in [-0.3, -0.25) is 10.1 Å². The van der Waals surface area contributed by atoms with Gasteiger partial charge in [0.2, 0.25) is 10.1 Å². The van der Waals surface area contributed by atoms with Crippen molar-refractivity contribution in [1.29, 1.82) is 0 Å². The molecular formula is C18H12F3N3OS. The van der Waals surface area contributed by atoms with Crippen molar-refractivity contribution in [3.05, 3.63) is 76.8 Å². The fraction of sp³-hybridized carbons (Fsp3) is 0.0556.